The lowest BCUT2D eigenvalue weighted by Crippen LogP contribution is -2.33. The van der Waals surface area contributed by atoms with Gasteiger partial charge >= 0.3 is 0 Å². The molecule has 0 aromatic heterocycles. The molecule has 2 aromatic carbocycles. The molecule has 2 rings (SSSR count). The van der Waals surface area contributed by atoms with E-state index >= 15 is 0 Å². The van der Waals surface area contributed by atoms with E-state index in [1.165, 1.54) is 5.56 Å². The van der Waals surface area contributed by atoms with Crippen LogP contribution in [-0.2, 0) is 11.8 Å². The van der Waals surface area contributed by atoms with Crippen LogP contribution < -0.4 is 0 Å². The van der Waals surface area contributed by atoms with E-state index in [2.05, 4.69) is 44.0 Å². The molecule has 0 atom stereocenters. The molecule has 0 fully saturated rings. The molecule has 0 bridgehead atoms. The Morgan fingerprint density at radius 1 is 0.810 bits per heavy atom. The van der Waals surface area contributed by atoms with Crippen LogP contribution in [0.25, 0.3) is 0 Å². The average Bonchev–Trinajstić information content (AvgIpc) is 2.48. The van der Waals surface area contributed by atoms with Crippen LogP contribution in [0.5, 0.6) is 0 Å². The second-order valence-corrected chi connectivity index (χ2v) is 7.37. The quantitative estimate of drug-likeness (QED) is 0.416. The highest BCUT2D eigenvalue weighted by Gasteiger charge is 2.31. The van der Waals surface area contributed by atoms with Crippen LogP contribution in [0.2, 0.25) is 15.1 Å². The van der Waals surface area contributed by atoms with Gasteiger partial charge in [0.15, 0.2) is 0 Å². The minimum absolute atomic E-state index is 0.0952. The van der Waals surface area contributed by atoms with Gasteiger partial charge in [0.05, 0.1) is 0 Å². The first-order chi connectivity index (χ1) is 10.0. The lowest BCUT2D eigenvalue weighted by atomic mass is 9.79. The van der Waals surface area contributed by atoms with Crippen LogP contribution in [0.3, 0.4) is 0 Å². The predicted octanol–water partition coefficient (Wildman–Crippen LogP) is 6.92. The molecule has 0 nitrogen and oxygen atoms in total. The SMILES string of the molecule is Clc1ccc(C(CBr)(CBr)Cc2ccc(Cl)cc2Cl)cc1. The lowest BCUT2D eigenvalue weighted by molar-refractivity contribution is 0.551. The van der Waals surface area contributed by atoms with Crippen LogP contribution in [0.15, 0.2) is 42.5 Å². The van der Waals surface area contributed by atoms with Crippen molar-refractivity contribution < 1.29 is 0 Å². The summed E-state index contributed by atoms with van der Waals surface area (Å²) in [6.45, 7) is 0. The van der Waals surface area contributed by atoms with E-state index in [4.69, 9.17) is 34.8 Å². The van der Waals surface area contributed by atoms with Gasteiger partial charge in [-0.05, 0) is 41.8 Å². The molecule has 2 aromatic rings. The van der Waals surface area contributed by atoms with Crippen molar-refractivity contribution in [2.24, 2.45) is 0 Å². The first-order valence-electron chi connectivity index (χ1n) is 6.33. The summed E-state index contributed by atoms with van der Waals surface area (Å²) in [5.41, 5.74) is 2.20. The summed E-state index contributed by atoms with van der Waals surface area (Å²) < 4.78 is 0. The Morgan fingerprint density at radius 2 is 1.38 bits per heavy atom. The molecule has 0 radical (unpaired) electrons. The van der Waals surface area contributed by atoms with Gasteiger partial charge in [0.25, 0.3) is 0 Å². The second kappa shape index (κ2) is 7.70. The zero-order valence-corrected chi connectivity index (χ0v) is 16.5. The summed E-state index contributed by atoms with van der Waals surface area (Å²) >= 11 is 25.6. The Labute approximate surface area is 157 Å². The van der Waals surface area contributed by atoms with Crippen LogP contribution in [0.4, 0.5) is 0 Å². The van der Waals surface area contributed by atoms with E-state index in [1.54, 1.807) is 6.07 Å². The van der Waals surface area contributed by atoms with E-state index < -0.39 is 0 Å². The zero-order chi connectivity index (χ0) is 15.5. The molecule has 0 N–H and O–H groups in total. The summed E-state index contributed by atoms with van der Waals surface area (Å²) in [6.07, 6.45) is 0.807. The molecular formula is C16H13Br2Cl3. The smallest absolute Gasteiger partial charge is 0.0453 e. The summed E-state index contributed by atoms with van der Waals surface area (Å²) in [7, 11) is 0. The largest absolute Gasteiger partial charge is 0.0918 e. The second-order valence-electron chi connectivity index (χ2n) is 4.97. The fourth-order valence-electron chi connectivity index (χ4n) is 2.22. The van der Waals surface area contributed by atoms with E-state index in [0.29, 0.717) is 10.0 Å². The molecule has 0 amide bonds. The maximum atomic E-state index is 6.33. The van der Waals surface area contributed by atoms with Crippen molar-refractivity contribution in [3.63, 3.8) is 0 Å². The highest BCUT2D eigenvalue weighted by molar-refractivity contribution is 9.09. The standard InChI is InChI=1S/C16H13Br2Cl3/c17-9-16(10-18,12-2-5-13(19)6-3-12)8-11-1-4-14(20)7-15(11)21/h1-7H,8-10H2. The average molecular weight is 471 g/mol. The van der Waals surface area contributed by atoms with E-state index in [0.717, 1.165) is 27.7 Å². The van der Waals surface area contributed by atoms with E-state index in [9.17, 15) is 0 Å². The van der Waals surface area contributed by atoms with E-state index in [1.807, 2.05) is 24.3 Å². The molecule has 21 heavy (non-hydrogen) atoms. The van der Waals surface area contributed by atoms with Crippen LogP contribution in [0.1, 0.15) is 11.1 Å². The Morgan fingerprint density at radius 3 is 1.90 bits per heavy atom. The van der Waals surface area contributed by atoms with Gasteiger partial charge in [-0.15, -0.1) is 0 Å². The minimum Gasteiger partial charge on any atom is -0.0918 e. The molecule has 0 spiro atoms. The number of rotatable bonds is 5. The fourth-order valence-corrected chi connectivity index (χ4v) is 4.79. The normalized spacial score (nSPS) is 11.7. The van der Waals surface area contributed by atoms with Crippen LogP contribution in [0, 0.1) is 0 Å². The van der Waals surface area contributed by atoms with Gasteiger partial charge in [-0.25, -0.2) is 0 Å². The summed E-state index contributed by atoms with van der Waals surface area (Å²) in [6, 6.07) is 13.6. The third-order valence-corrected chi connectivity index (χ3v) is 6.50. The van der Waals surface area contributed by atoms with Gasteiger partial charge in [0.2, 0.25) is 0 Å². The summed E-state index contributed by atoms with van der Waals surface area (Å²) in [5.74, 6) is 0. The number of halogens is 5. The minimum atomic E-state index is -0.0952. The van der Waals surface area contributed by atoms with Gasteiger partial charge in [0, 0.05) is 31.1 Å². The molecule has 0 aliphatic heterocycles. The number of hydrogen-bond donors (Lipinski definition) is 0. The van der Waals surface area contributed by atoms with Crippen LogP contribution in [-0.4, -0.2) is 10.7 Å². The number of alkyl halides is 2. The van der Waals surface area contributed by atoms with Crippen molar-refractivity contribution in [3.8, 4) is 0 Å². The van der Waals surface area contributed by atoms with Gasteiger partial charge < -0.3 is 0 Å². The van der Waals surface area contributed by atoms with Gasteiger partial charge in [0.1, 0.15) is 0 Å². The van der Waals surface area contributed by atoms with E-state index in [-0.39, 0.29) is 5.41 Å². The molecule has 112 valence electrons. The first kappa shape index (κ1) is 17.6. The molecule has 0 aliphatic carbocycles. The van der Waals surface area contributed by atoms with Crippen molar-refractivity contribution in [2.75, 3.05) is 10.7 Å². The van der Waals surface area contributed by atoms with Crippen molar-refractivity contribution >= 4 is 66.7 Å². The molecule has 0 saturated heterocycles. The fraction of sp³-hybridized carbons (Fsp3) is 0.250. The summed E-state index contributed by atoms with van der Waals surface area (Å²) in [5, 5.41) is 3.71. The monoisotopic (exact) mass is 468 g/mol. The van der Waals surface area contributed by atoms with Gasteiger partial charge in [-0.1, -0.05) is 84.9 Å². The molecule has 0 saturated carbocycles. The third kappa shape index (κ3) is 4.17. The number of benzene rings is 2. The number of hydrogen-bond acceptors (Lipinski definition) is 0. The lowest BCUT2D eigenvalue weighted by Gasteiger charge is -2.31. The molecular weight excluding hydrogens is 458 g/mol. The topological polar surface area (TPSA) is 0 Å². The van der Waals surface area contributed by atoms with Crippen LogP contribution >= 0.6 is 66.7 Å². The maximum Gasteiger partial charge on any atom is 0.0453 e. The highest BCUT2D eigenvalue weighted by atomic mass is 79.9. The maximum absolute atomic E-state index is 6.33. The Balaban J connectivity index is 2.40. The molecule has 0 heterocycles. The van der Waals surface area contributed by atoms with Gasteiger partial charge in [-0.2, -0.15) is 0 Å². The Hall–Kier alpha value is 0.270. The van der Waals surface area contributed by atoms with Crippen molar-refractivity contribution in [1.82, 2.24) is 0 Å². The first-order valence-corrected chi connectivity index (χ1v) is 9.70. The highest BCUT2D eigenvalue weighted by Crippen LogP contribution is 2.36. The molecule has 0 aliphatic rings. The zero-order valence-electron chi connectivity index (χ0n) is 11.1. The Kier molecular flexibility index (Phi) is 6.46. The van der Waals surface area contributed by atoms with Crippen molar-refractivity contribution in [1.29, 1.82) is 0 Å². The van der Waals surface area contributed by atoms with Crippen molar-refractivity contribution in [3.05, 3.63) is 68.7 Å². The predicted molar refractivity (Wildman–Crippen MR) is 101 cm³/mol. The van der Waals surface area contributed by atoms with Gasteiger partial charge in [-0.3, -0.25) is 0 Å². The molecule has 5 heteroatoms. The Bertz CT molecular complexity index is 607. The summed E-state index contributed by atoms with van der Waals surface area (Å²) in [4.78, 5) is 0. The van der Waals surface area contributed by atoms with Crippen molar-refractivity contribution in [2.45, 2.75) is 11.8 Å². The molecule has 0 unspecified atom stereocenters. The third-order valence-electron chi connectivity index (χ3n) is 3.51.